The number of benzene rings is 1. The van der Waals surface area contributed by atoms with Crippen LogP contribution in [0.3, 0.4) is 0 Å². The summed E-state index contributed by atoms with van der Waals surface area (Å²) < 4.78 is 0. The van der Waals surface area contributed by atoms with Crippen molar-refractivity contribution >= 4 is 10.9 Å². The van der Waals surface area contributed by atoms with Gasteiger partial charge >= 0.3 is 0 Å². The van der Waals surface area contributed by atoms with Gasteiger partial charge in [-0.25, -0.2) is 0 Å². The molecule has 3 heteroatoms. The van der Waals surface area contributed by atoms with Gasteiger partial charge in [-0.2, -0.15) is 0 Å². The number of phenolic OH excluding ortho intramolecular Hbond substituents is 1. The van der Waals surface area contributed by atoms with E-state index in [0.29, 0.717) is 10.9 Å². The Balaban J connectivity index is 2.84. The summed E-state index contributed by atoms with van der Waals surface area (Å²) >= 11 is 0. The van der Waals surface area contributed by atoms with Crippen LogP contribution in [0.15, 0.2) is 30.5 Å². The Bertz CT molecular complexity index is 440. The van der Waals surface area contributed by atoms with E-state index in [4.69, 9.17) is 5.11 Å². The Kier molecular flexibility index (Phi) is 1.87. The van der Waals surface area contributed by atoms with Crippen molar-refractivity contribution in [3.63, 3.8) is 0 Å². The normalized spacial score (nSPS) is 10.5. The summed E-state index contributed by atoms with van der Waals surface area (Å²) in [5, 5.41) is 19.1. The number of hydrogen-bond donors (Lipinski definition) is 2. The zero-order valence-corrected chi connectivity index (χ0v) is 6.94. The molecule has 0 aliphatic heterocycles. The molecule has 3 nitrogen and oxygen atoms in total. The fourth-order valence-electron chi connectivity index (χ4n) is 1.34. The van der Waals surface area contributed by atoms with E-state index in [-0.39, 0.29) is 12.4 Å². The Hall–Kier alpha value is -1.61. The summed E-state index contributed by atoms with van der Waals surface area (Å²) in [5.74, 6) is 0.195. The van der Waals surface area contributed by atoms with Gasteiger partial charge in [0.15, 0.2) is 0 Å². The van der Waals surface area contributed by atoms with Crippen LogP contribution in [-0.4, -0.2) is 15.2 Å². The highest BCUT2D eigenvalue weighted by atomic mass is 16.3. The summed E-state index contributed by atoms with van der Waals surface area (Å²) in [4.78, 5) is 4.09. The summed E-state index contributed by atoms with van der Waals surface area (Å²) in [5.41, 5.74) is 1.39. The number of rotatable bonds is 1. The Morgan fingerprint density at radius 2 is 2.08 bits per heavy atom. The molecule has 1 heterocycles. The number of aromatic hydroxyl groups is 1. The summed E-state index contributed by atoms with van der Waals surface area (Å²) in [6.45, 7) is -0.0617. The highest BCUT2D eigenvalue weighted by Gasteiger charge is 2.03. The summed E-state index contributed by atoms with van der Waals surface area (Å²) in [7, 11) is 0. The molecule has 0 saturated carbocycles. The fourth-order valence-corrected chi connectivity index (χ4v) is 1.34. The van der Waals surface area contributed by atoms with E-state index in [2.05, 4.69) is 4.98 Å². The lowest BCUT2D eigenvalue weighted by atomic mass is 10.1. The van der Waals surface area contributed by atoms with Gasteiger partial charge in [-0.3, -0.25) is 4.98 Å². The number of aliphatic hydroxyl groups excluding tert-OH is 1. The van der Waals surface area contributed by atoms with Gasteiger partial charge in [-0.15, -0.1) is 0 Å². The highest BCUT2D eigenvalue weighted by molar-refractivity contribution is 5.87. The van der Waals surface area contributed by atoms with Crippen LogP contribution in [0.2, 0.25) is 0 Å². The number of hydrogen-bond acceptors (Lipinski definition) is 3. The molecule has 0 aliphatic rings. The van der Waals surface area contributed by atoms with Crippen LogP contribution in [0.1, 0.15) is 5.56 Å². The lowest BCUT2D eigenvalue weighted by molar-refractivity contribution is 0.283. The molecular formula is C10H9NO2. The van der Waals surface area contributed by atoms with Gasteiger partial charge in [0.2, 0.25) is 0 Å². The molecular weight excluding hydrogens is 166 g/mol. The molecule has 2 aromatic rings. The van der Waals surface area contributed by atoms with Crippen LogP contribution in [0.25, 0.3) is 10.9 Å². The van der Waals surface area contributed by atoms with Crippen LogP contribution < -0.4 is 0 Å². The van der Waals surface area contributed by atoms with Crippen LogP contribution >= 0.6 is 0 Å². The first-order valence-corrected chi connectivity index (χ1v) is 3.99. The van der Waals surface area contributed by atoms with Gasteiger partial charge in [-0.05, 0) is 18.2 Å². The number of nitrogens with zero attached hydrogens (tertiary/aromatic N) is 1. The molecule has 0 aliphatic carbocycles. The van der Waals surface area contributed by atoms with Crippen molar-refractivity contribution in [1.29, 1.82) is 0 Å². The average Bonchev–Trinajstić information content (AvgIpc) is 2.19. The van der Waals surface area contributed by atoms with Crippen molar-refractivity contribution in [1.82, 2.24) is 4.98 Å². The standard InChI is InChI=1S/C10H9NO2/c12-6-7-3-4-9(13)8-2-1-5-11-10(7)8/h1-5,12-13H,6H2. The smallest absolute Gasteiger partial charge is 0.124 e. The molecule has 0 unspecified atom stereocenters. The van der Waals surface area contributed by atoms with Crippen molar-refractivity contribution < 1.29 is 10.2 Å². The topological polar surface area (TPSA) is 53.4 Å². The quantitative estimate of drug-likeness (QED) is 0.689. The molecule has 0 amide bonds. The Labute approximate surface area is 75.3 Å². The van der Waals surface area contributed by atoms with E-state index in [0.717, 1.165) is 5.56 Å². The predicted octanol–water partition coefficient (Wildman–Crippen LogP) is 1.43. The van der Waals surface area contributed by atoms with Gasteiger partial charge in [0.1, 0.15) is 5.75 Å². The molecule has 13 heavy (non-hydrogen) atoms. The zero-order valence-electron chi connectivity index (χ0n) is 6.94. The number of pyridine rings is 1. The minimum Gasteiger partial charge on any atom is -0.507 e. The van der Waals surface area contributed by atoms with Crippen LogP contribution in [-0.2, 0) is 6.61 Å². The molecule has 1 aromatic heterocycles. The van der Waals surface area contributed by atoms with Crippen LogP contribution in [0, 0.1) is 0 Å². The van der Waals surface area contributed by atoms with Crippen LogP contribution in [0.5, 0.6) is 5.75 Å². The second kappa shape index (κ2) is 3.03. The van der Waals surface area contributed by atoms with Crippen molar-refractivity contribution in [2.45, 2.75) is 6.61 Å². The SMILES string of the molecule is OCc1ccc(O)c2cccnc12. The minimum absolute atomic E-state index is 0.0617. The highest BCUT2D eigenvalue weighted by Crippen LogP contribution is 2.25. The molecule has 66 valence electrons. The van der Waals surface area contributed by atoms with Gasteiger partial charge in [0.05, 0.1) is 12.1 Å². The maximum atomic E-state index is 9.47. The lowest BCUT2D eigenvalue weighted by Gasteiger charge is -2.03. The van der Waals surface area contributed by atoms with Crippen LogP contribution in [0.4, 0.5) is 0 Å². The number of phenols is 1. The van der Waals surface area contributed by atoms with Gasteiger partial charge in [0.25, 0.3) is 0 Å². The minimum atomic E-state index is -0.0617. The Morgan fingerprint density at radius 1 is 1.23 bits per heavy atom. The summed E-state index contributed by atoms with van der Waals surface area (Å²) in [6, 6.07) is 6.76. The first-order chi connectivity index (χ1) is 6.33. The third kappa shape index (κ3) is 1.23. The average molecular weight is 175 g/mol. The number of aliphatic hydroxyl groups is 1. The largest absolute Gasteiger partial charge is 0.507 e. The lowest BCUT2D eigenvalue weighted by Crippen LogP contribution is -1.88. The maximum Gasteiger partial charge on any atom is 0.124 e. The van der Waals surface area contributed by atoms with E-state index in [1.165, 1.54) is 0 Å². The number of fused-ring (bicyclic) bond motifs is 1. The summed E-state index contributed by atoms with van der Waals surface area (Å²) in [6.07, 6.45) is 1.64. The Morgan fingerprint density at radius 3 is 2.85 bits per heavy atom. The van der Waals surface area contributed by atoms with E-state index in [9.17, 15) is 5.11 Å². The van der Waals surface area contributed by atoms with E-state index in [1.54, 1.807) is 30.5 Å². The first kappa shape index (κ1) is 8.01. The maximum absolute atomic E-state index is 9.47. The van der Waals surface area contributed by atoms with E-state index < -0.39 is 0 Å². The van der Waals surface area contributed by atoms with Crippen molar-refractivity contribution in [3.05, 3.63) is 36.0 Å². The first-order valence-electron chi connectivity index (χ1n) is 3.99. The van der Waals surface area contributed by atoms with Crippen molar-refractivity contribution in [3.8, 4) is 5.75 Å². The molecule has 0 radical (unpaired) electrons. The second-order valence-corrected chi connectivity index (χ2v) is 2.80. The van der Waals surface area contributed by atoms with Gasteiger partial charge < -0.3 is 10.2 Å². The molecule has 0 bridgehead atoms. The predicted molar refractivity (Wildman–Crippen MR) is 49.3 cm³/mol. The van der Waals surface area contributed by atoms with E-state index >= 15 is 0 Å². The molecule has 0 atom stereocenters. The van der Waals surface area contributed by atoms with Gasteiger partial charge in [-0.1, -0.05) is 6.07 Å². The van der Waals surface area contributed by atoms with Crippen molar-refractivity contribution in [2.24, 2.45) is 0 Å². The molecule has 0 fully saturated rings. The third-order valence-electron chi connectivity index (χ3n) is 2.00. The molecule has 2 rings (SSSR count). The van der Waals surface area contributed by atoms with E-state index in [1.807, 2.05) is 0 Å². The fraction of sp³-hybridized carbons (Fsp3) is 0.100. The molecule has 1 aromatic carbocycles. The van der Waals surface area contributed by atoms with Gasteiger partial charge in [0, 0.05) is 17.1 Å². The van der Waals surface area contributed by atoms with Crippen molar-refractivity contribution in [2.75, 3.05) is 0 Å². The molecule has 2 N–H and O–H groups in total. The second-order valence-electron chi connectivity index (χ2n) is 2.80. The third-order valence-corrected chi connectivity index (χ3v) is 2.00. The molecule has 0 saturated heterocycles. The monoisotopic (exact) mass is 175 g/mol. The zero-order chi connectivity index (χ0) is 9.26. The number of aromatic nitrogens is 1. The molecule has 0 spiro atoms.